The summed E-state index contributed by atoms with van der Waals surface area (Å²) < 4.78 is 5.21. The summed E-state index contributed by atoms with van der Waals surface area (Å²) in [6.07, 6.45) is 2.39. The molecule has 22 heavy (non-hydrogen) atoms. The quantitative estimate of drug-likeness (QED) is 0.873. The summed E-state index contributed by atoms with van der Waals surface area (Å²) in [7, 11) is 0. The minimum atomic E-state index is -1.13. The standard InChI is InChI=1S/C16H18N2O4/c1-16(21)6-7-18(9-14(16)19)15(20)12-4-2-11(3-5-12)13-8-17-10-22-13/h2-5,8,10,14,19,21H,6-7,9H2,1H3/t14-,16-/m0/s1. The van der Waals surface area contributed by atoms with Gasteiger partial charge in [0.05, 0.1) is 17.9 Å². The average molecular weight is 302 g/mol. The van der Waals surface area contributed by atoms with Gasteiger partial charge in [0.25, 0.3) is 5.91 Å². The van der Waals surface area contributed by atoms with Gasteiger partial charge in [-0.1, -0.05) is 12.1 Å². The molecular weight excluding hydrogens is 284 g/mol. The molecule has 116 valence electrons. The molecule has 1 amide bonds. The van der Waals surface area contributed by atoms with Gasteiger partial charge in [0.15, 0.2) is 12.2 Å². The van der Waals surface area contributed by atoms with E-state index in [-0.39, 0.29) is 12.5 Å². The van der Waals surface area contributed by atoms with E-state index in [0.717, 1.165) is 5.56 Å². The van der Waals surface area contributed by atoms with E-state index in [4.69, 9.17) is 4.42 Å². The Morgan fingerprint density at radius 3 is 2.73 bits per heavy atom. The number of aliphatic hydroxyl groups is 2. The maximum atomic E-state index is 12.5. The molecule has 1 aliphatic rings. The first-order chi connectivity index (χ1) is 10.5. The number of piperidine rings is 1. The second-order valence-corrected chi connectivity index (χ2v) is 5.82. The molecule has 1 fully saturated rings. The first-order valence-electron chi connectivity index (χ1n) is 7.16. The van der Waals surface area contributed by atoms with Gasteiger partial charge in [-0.15, -0.1) is 0 Å². The normalized spacial score (nSPS) is 25.2. The van der Waals surface area contributed by atoms with Crippen LogP contribution < -0.4 is 0 Å². The number of nitrogens with zero attached hydrogens (tertiary/aromatic N) is 2. The van der Waals surface area contributed by atoms with Crippen molar-refractivity contribution in [3.05, 3.63) is 42.4 Å². The Hall–Kier alpha value is -2.18. The molecule has 2 N–H and O–H groups in total. The summed E-state index contributed by atoms with van der Waals surface area (Å²) in [5.41, 5.74) is 0.250. The van der Waals surface area contributed by atoms with E-state index >= 15 is 0 Å². The highest BCUT2D eigenvalue weighted by Gasteiger charge is 2.38. The molecule has 1 aliphatic heterocycles. The van der Waals surface area contributed by atoms with Gasteiger partial charge in [0.1, 0.15) is 0 Å². The van der Waals surface area contributed by atoms with Crippen molar-refractivity contribution in [2.24, 2.45) is 0 Å². The number of β-amino-alcohol motifs (C(OH)–C–C–N with tert-alkyl or cyclic N) is 1. The Morgan fingerprint density at radius 2 is 2.14 bits per heavy atom. The molecule has 1 saturated heterocycles. The van der Waals surface area contributed by atoms with Crippen molar-refractivity contribution in [1.29, 1.82) is 0 Å². The maximum Gasteiger partial charge on any atom is 0.253 e. The SMILES string of the molecule is C[C@]1(O)CCN(C(=O)c2ccc(-c3cnco3)cc2)C[C@@H]1O. The van der Waals surface area contributed by atoms with Crippen LogP contribution in [0.2, 0.25) is 0 Å². The lowest BCUT2D eigenvalue weighted by molar-refractivity contribution is -0.0999. The number of aliphatic hydroxyl groups excluding tert-OH is 1. The van der Waals surface area contributed by atoms with Gasteiger partial charge in [-0.2, -0.15) is 0 Å². The Kier molecular flexibility index (Phi) is 3.72. The third-order valence-electron chi connectivity index (χ3n) is 4.13. The van der Waals surface area contributed by atoms with Gasteiger partial charge >= 0.3 is 0 Å². The third kappa shape index (κ3) is 2.75. The van der Waals surface area contributed by atoms with Crippen LogP contribution in [-0.2, 0) is 0 Å². The molecule has 0 radical (unpaired) electrons. The number of aromatic nitrogens is 1. The van der Waals surface area contributed by atoms with Gasteiger partial charge in [-0.05, 0) is 25.5 Å². The number of rotatable bonds is 2. The summed E-state index contributed by atoms with van der Waals surface area (Å²) in [6.45, 7) is 2.15. The Balaban J connectivity index is 1.73. The van der Waals surface area contributed by atoms with Gasteiger partial charge in [0, 0.05) is 24.2 Å². The summed E-state index contributed by atoms with van der Waals surface area (Å²) in [5, 5.41) is 19.9. The number of likely N-dealkylation sites (tertiary alicyclic amines) is 1. The lowest BCUT2D eigenvalue weighted by Gasteiger charge is -2.39. The zero-order chi connectivity index (χ0) is 15.7. The molecule has 0 bridgehead atoms. The van der Waals surface area contributed by atoms with E-state index in [2.05, 4.69) is 4.98 Å². The third-order valence-corrected chi connectivity index (χ3v) is 4.13. The average Bonchev–Trinajstić information content (AvgIpc) is 3.04. The van der Waals surface area contributed by atoms with E-state index in [1.54, 1.807) is 42.3 Å². The van der Waals surface area contributed by atoms with Crippen molar-refractivity contribution in [3.8, 4) is 11.3 Å². The van der Waals surface area contributed by atoms with Gasteiger partial charge in [-0.25, -0.2) is 4.98 Å². The van der Waals surface area contributed by atoms with E-state index in [9.17, 15) is 15.0 Å². The molecule has 1 aromatic heterocycles. The van der Waals surface area contributed by atoms with Crippen LogP contribution in [0.5, 0.6) is 0 Å². The number of oxazole rings is 1. The Labute approximate surface area is 128 Å². The topological polar surface area (TPSA) is 86.8 Å². The molecule has 3 rings (SSSR count). The van der Waals surface area contributed by atoms with Crippen LogP contribution in [0.15, 0.2) is 41.3 Å². The fraction of sp³-hybridized carbons (Fsp3) is 0.375. The molecule has 6 heteroatoms. The first kappa shape index (κ1) is 14.7. The fourth-order valence-corrected chi connectivity index (χ4v) is 2.53. The fourth-order valence-electron chi connectivity index (χ4n) is 2.53. The summed E-state index contributed by atoms with van der Waals surface area (Å²) in [6, 6.07) is 7.03. The minimum absolute atomic E-state index is 0.135. The highest BCUT2D eigenvalue weighted by Crippen LogP contribution is 2.24. The number of hydrogen-bond acceptors (Lipinski definition) is 5. The molecule has 0 unspecified atom stereocenters. The smallest absolute Gasteiger partial charge is 0.253 e. The number of carbonyl (C=O) groups excluding carboxylic acids is 1. The highest BCUT2D eigenvalue weighted by atomic mass is 16.3. The van der Waals surface area contributed by atoms with Crippen LogP contribution in [0, 0.1) is 0 Å². The summed E-state index contributed by atoms with van der Waals surface area (Å²) in [5.74, 6) is 0.488. The highest BCUT2D eigenvalue weighted by molar-refractivity contribution is 5.94. The molecular formula is C16H18N2O4. The Morgan fingerprint density at radius 1 is 1.41 bits per heavy atom. The minimum Gasteiger partial charge on any atom is -0.444 e. The lowest BCUT2D eigenvalue weighted by atomic mass is 9.90. The maximum absolute atomic E-state index is 12.5. The van der Waals surface area contributed by atoms with Crippen molar-refractivity contribution in [3.63, 3.8) is 0 Å². The van der Waals surface area contributed by atoms with Crippen molar-refractivity contribution >= 4 is 5.91 Å². The first-order valence-corrected chi connectivity index (χ1v) is 7.16. The van der Waals surface area contributed by atoms with Crippen molar-refractivity contribution in [2.45, 2.75) is 25.0 Å². The second-order valence-electron chi connectivity index (χ2n) is 5.82. The van der Waals surface area contributed by atoms with Crippen molar-refractivity contribution < 1.29 is 19.4 Å². The second kappa shape index (κ2) is 5.55. The van der Waals surface area contributed by atoms with E-state index in [1.807, 2.05) is 0 Å². The van der Waals surface area contributed by atoms with Crippen LogP contribution in [0.4, 0.5) is 0 Å². The predicted molar refractivity (Wildman–Crippen MR) is 79.1 cm³/mol. The molecule has 2 atom stereocenters. The van der Waals surface area contributed by atoms with E-state index in [0.29, 0.717) is 24.3 Å². The van der Waals surface area contributed by atoms with Crippen LogP contribution in [0.25, 0.3) is 11.3 Å². The summed E-state index contributed by atoms with van der Waals surface area (Å²) >= 11 is 0. The molecule has 0 aliphatic carbocycles. The van der Waals surface area contributed by atoms with Crippen LogP contribution in [0.1, 0.15) is 23.7 Å². The lowest BCUT2D eigenvalue weighted by Crippen LogP contribution is -2.55. The molecule has 0 saturated carbocycles. The molecule has 2 heterocycles. The summed E-state index contributed by atoms with van der Waals surface area (Å²) in [4.78, 5) is 17.9. The zero-order valence-corrected chi connectivity index (χ0v) is 12.3. The van der Waals surface area contributed by atoms with Gasteiger partial charge in [0.2, 0.25) is 0 Å². The molecule has 2 aromatic rings. The van der Waals surface area contributed by atoms with Crippen molar-refractivity contribution in [2.75, 3.05) is 13.1 Å². The molecule has 6 nitrogen and oxygen atoms in total. The number of amides is 1. The molecule has 0 spiro atoms. The Bertz CT molecular complexity index is 649. The van der Waals surface area contributed by atoms with Crippen LogP contribution >= 0.6 is 0 Å². The van der Waals surface area contributed by atoms with E-state index < -0.39 is 11.7 Å². The largest absolute Gasteiger partial charge is 0.444 e. The van der Waals surface area contributed by atoms with Crippen LogP contribution in [-0.4, -0.2) is 50.8 Å². The number of carbonyl (C=O) groups is 1. The van der Waals surface area contributed by atoms with Gasteiger partial charge in [-0.3, -0.25) is 4.79 Å². The predicted octanol–water partition coefficient (Wildman–Crippen LogP) is 1.30. The van der Waals surface area contributed by atoms with Crippen molar-refractivity contribution in [1.82, 2.24) is 9.88 Å². The van der Waals surface area contributed by atoms with Crippen LogP contribution in [0.3, 0.4) is 0 Å². The van der Waals surface area contributed by atoms with Gasteiger partial charge < -0.3 is 19.5 Å². The molecule has 1 aromatic carbocycles. The number of benzene rings is 1. The zero-order valence-electron chi connectivity index (χ0n) is 12.3. The van der Waals surface area contributed by atoms with E-state index in [1.165, 1.54) is 6.39 Å². The number of hydrogen-bond donors (Lipinski definition) is 2. The monoisotopic (exact) mass is 302 g/mol.